The number of halogens is 3. The number of hydrogen-bond donors (Lipinski definition) is 2. The maximum Gasteiger partial charge on any atom is 0.417 e. The Morgan fingerprint density at radius 2 is 1.77 bits per heavy atom. The number of rotatable bonds is 5. The molecule has 0 spiro atoms. The van der Waals surface area contributed by atoms with Crippen molar-refractivity contribution >= 4 is 15.8 Å². The largest absolute Gasteiger partial charge is 0.417 e. The van der Waals surface area contributed by atoms with Gasteiger partial charge in [0.2, 0.25) is 10.0 Å². The molecule has 1 saturated heterocycles. The molecule has 2 aromatic heterocycles. The smallest absolute Gasteiger partial charge is 0.390 e. The van der Waals surface area contributed by atoms with E-state index in [0.29, 0.717) is 6.20 Å². The molecule has 35 heavy (non-hydrogen) atoms. The van der Waals surface area contributed by atoms with Gasteiger partial charge in [-0.05, 0) is 61.7 Å². The fraction of sp³-hybridized carbons (Fsp3) is 0.333. The molecule has 0 unspecified atom stereocenters. The van der Waals surface area contributed by atoms with Crippen molar-refractivity contribution in [2.75, 3.05) is 18.4 Å². The number of aliphatic hydroxyl groups is 1. The summed E-state index contributed by atoms with van der Waals surface area (Å²) in [5.41, 5.74) is 2.83. The summed E-state index contributed by atoms with van der Waals surface area (Å²) in [5.74, 6) is 0.176. The van der Waals surface area contributed by atoms with Crippen molar-refractivity contribution in [2.45, 2.75) is 43.5 Å². The van der Waals surface area contributed by atoms with Gasteiger partial charge >= 0.3 is 6.18 Å². The Labute approximate surface area is 201 Å². The molecule has 3 heterocycles. The molecule has 0 saturated carbocycles. The first kappa shape index (κ1) is 25.1. The second kappa shape index (κ2) is 9.56. The van der Waals surface area contributed by atoms with E-state index >= 15 is 0 Å². The van der Waals surface area contributed by atoms with Crippen LogP contribution in [0.15, 0.2) is 59.8 Å². The Morgan fingerprint density at radius 1 is 1.06 bits per heavy atom. The molecule has 3 aromatic rings. The van der Waals surface area contributed by atoms with Crippen LogP contribution in [0.2, 0.25) is 0 Å². The number of anilines is 1. The molecule has 7 nitrogen and oxygen atoms in total. The third-order valence-corrected chi connectivity index (χ3v) is 7.98. The molecule has 2 atom stereocenters. The molecule has 2 N–H and O–H groups in total. The topological polar surface area (TPSA) is 95.4 Å². The fourth-order valence-electron chi connectivity index (χ4n) is 4.20. The maximum atomic E-state index is 13.2. The number of benzene rings is 1. The normalized spacial score (nSPS) is 19.5. The first-order valence-corrected chi connectivity index (χ1v) is 12.4. The third-order valence-electron chi connectivity index (χ3n) is 6.10. The lowest BCUT2D eigenvalue weighted by Crippen LogP contribution is -2.51. The summed E-state index contributed by atoms with van der Waals surface area (Å²) in [6.07, 6.45) is -2.85. The van der Waals surface area contributed by atoms with Crippen LogP contribution in [0.1, 0.15) is 23.2 Å². The summed E-state index contributed by atoms with van der Waals surface area (Å²) in [7, 11) is -3.84. The molecular formula is C24H25F3N4O3S. The molecule has 0 bridgehead atoms. The van der Waals surface area contributed by atoms with Crippen LogP contribution in [-0.2, 0) is 16.2 Å². The van der Waals surface area contributed by atoms with Gasteiger partial charge in [-0.2, -0.15) is 17.5 Å². The number of sulfonamides is 1. The van der Waals surface area contributed by atoms with Crippen LogP contribution >= 0.6 is 0 Å². The van der Waals surface area contributed by atoms with E-state index in [1.54, 1.807) is 30.5 Å². The monoisotopic (exact) mass is 506 g/mol. The number of hydrogen-bond acceptors (Lipinski definition) is 6. The van der Waals surface area contributed by atoms with Crippen LogP contribution in [0, 0.1) is 13.8 Å². The average molecular weight is 507 g/mol. The second-order valence-electron chi connectivity index (χ2n) is 8.51. The van der Waals surface area contributed by atoms with E-state index in [9.17, 15) is 26.7 Å². The SMILES string of the molecule is Cc1ccnc(C)c1-c1ccc(S(=O)(=O)N2CC[C@@H](Nc3ccc(C(F)(F)F)cn3)[C@@H](O)C2)cc1. The standard InChI is InChI=1S/C24H25F3N4O3S/c1-15-9-11-28-16(2)23(15)17-3-6-19(7-4-17)35(33,34)31-12-10-20(21(32)14-31)30-22-8-5-18(13-29-22)24(25,26)27/h3-9,11,13,20-21,32H,10,12,14H2,1-2H3,(H,29,30)/t20-,21+/m1/s1. The molecule has 1 aromatic carbocycles. The van der Waals surface area contributed by atoms with E-state index in [0.717, 1.165) is 28.5 Å². The van der Waals surface area contributed by atoms with Crippen molar-refractivity contribution in [2.24, 2.45) is 0 Å². The third kappa shape index (κ3) is 5.31. The highest BCUT2D eigenvalue weighted by Gasteiger charge is 2.35. The summed E-state index contributed by atoms with van der Waals surface area (Å²) >= 11 is 0. The zero-order valence-corrected chi connectivity index (χ0v) is 19.9. The zero-order valence-electron chi connectivity index (χ0n) is 19.1. The molecule has 1 aliphatic heterocycles. The van der Waals surface area contributed by atoms with Gasteiger partial charge < -0.3 is 10.4 Å². The van der Waals surface area contributed by atoms with Gasteiger partial charge in [0.1, 0.15) is 5.82 Å². The minimum Gasteiger partial charge on any atom is -0.390 e. The maximum absolute atomic E-state index is 13.2. The van der Waals surface area contributed by atoms with Crippen LogP contribution < -0.4 is 5.32 Å². The highest BCUT2D eigenvalue weighted by Crippen LogP contribution is 2.30. The van der Waals surface area contributed by atoms with Crippen molar-refractivity contribution in [1.82, 2.24) is 14.3 Å². The zero-order chi connectivity index (χ0) is 25.4. The van der Waals surface area contributed by atoms with Gasteiger partial charge in [-0.3, -0.25) is 4.98 Å². The summed E-state index contributed by atoms with van der Waals surface area (Å²) < 4.78 is 65.7. The van der Waals surface area contributed by atoms with Gasteiger partial charge in [0.25, 0.3) is 0 Å². The molecule has 0 amide bonds. The molecule has 11 heteroatoms. The van der Waals surface area contributed by atoms with Crippen LogP contribution in [0.25, 0.3) is 11.1 Å². The van der Waals surface area contributed by atoms with Crippen LogP contribution in [-0.4, -0.2) is 53.0 Å². The predicted molar refractivity (Wildman–Crippen MR) is 125 cm³/mol. The van der Waals surface area contributed by atoms with E-state index in [1.807, 2.05) is 19.9 Å². The van der Waals surface area contributed by atoms with E-state index in [2.05, 4.69) is 15.3 Å². The van der Waals surface area contributed by atoms with Gasteiger partial charge in [0.15, 0.2) is 0 Å². The van der Waals surface area contributed by atoms with Crippen molar-refractivity contribution in [3.8, 4) is 11.1 Å². The van der Waals surface area contributed by atoms with Crippen molar-refractivity contribution in [3.63, 3.8) is 0 Å². The number of aryl methyl sites for hydroxylation is 2. The molecule has 0 aliphatic carbocycles. The van der Waals surface area contributed by atoms with Gasteiger partial charge in [-0.15, -0.1) is 0 Å². The van der Waals surface area contributed by atoms with Gasteiger partial charge in [-0.1, -0.05) is 12.1 Å². The number of nitrogens with one attached hydrogen (secondary N) is 1. The number of aromatic nitrogens is 2. The predicted octanol–water partition coefficient (Wildman–Crippen LogP) is 4.02. The first-order valence-electron chi connectivity index (χ1n) is 11.0. The molecule has 1 aliphatic rings. The van der Waals surface area contributed by atoms with Crippen LogP contribution in [0.5, 0.6) is 0 Å². The summed E-state index contributed by atoms with van der Waals surface area (Å²) in [4.78, 5) is 8.18. The van der Waals surface area contributed by atoms with E-state index in [4.69, 9.17) is 0 Å². The molecule has 4 rings (SSSR count). The number of β-amino-alcohol motifs (C(OH)–C–C–N with tert-alkyl or cyclic N) is 1. The summed E-state index contributed by atoms with van der Waals surface area (Å²) in [6, 6.07) is 10.00. The Balaban J connectivity index is 1.44. The number of pyridine rings is 2. The van der Waals surface area contributed by atoms with E-state index < -0.39 is 33.9 Å². The highest BCUT2D eigenvalue weighted by molar-refractivity contribution is 7.89. The Kier molecular flexibility index (Phi) is 6.85. The van der Waals surface area contributed by atoms with Gasteiger partial charge in [0.05, 0.1) is 22.6 Å². The Morgan fingerprint density at radius 3 is 2.34 bits per heavy atom. The van der Waals surface area contributed by atoms with Crippen molar-refractivity contribution in [1.29, 1.82) is 0 Å². The lowest BCUT2D eigenvalue weighted by atomic mass is 10.00. The average Bonchev–Trinajstić information content (AvgIpc) is 2.80. The number of piperidine rings is 1. The number of alkyl halides is 3. The van der Waals surface area contributed by atoms with Crippen LogP contribution in [0.4, 0.5) is 19.0 Å². The Hall–Kier alpha value is -3.02. The number of nitrogens with zero attached hydrogens (tertiary/aromatic N) is 3. The number of aliphatic hydroxyl groups excluding tert-OH is 1. The molecule has 0 radical (unpaired) electrons. The quantitative estimate of drug-likeness (QED) is 0.543. The highest BCUT2D eigenvalue weighted by atomic mass is 32.2. The molecule has 1 fully saturated rings. The van der Waals surface area contributed by atoms with E-state index in [1.165, 1.54) is 10.4 Å². The van der Waals surface area contributed by atoms with Gasteiger partial charge in [-0.25, -0.2) is 13.4 Å². The Bertz CT molecular complexity index is 1280. The lowest BCUT2D eigenvalue weighted by Gasteiger charge is -2.35. The first-order chi connectivity index (χ1) is 16.5. The fourth-order valence-corrected chi connectivity index (χ4v) is 5.67. The second-order valence-corrected chi connectivity index (χ2v) is 10.5. The van der Waals surface area contributed by atoms with Crippen LogP contribution in [0.3, 0.4) is 0 Å². The minimum absolute atomic E-state index is 0.114. The lowest BCUT2D eigenvalue weighted by molar-refractivity contribution is -0.137. The molecular weight excluding hydrogens is 481 g/mol. The van der Waals surface area contributed by atoms with Gasteiger partial charge in [0, 0.05) is 36.7 Å². The van der Waals surface area contributed by atoms with Crippen molar-refractivity contribution in [3.05, 3.63) is 71.7 Å². The minimum atomic E-state index is -4.49. The summed E-state index contributed by atoms with van der Waals surface area (Å²) in [6.45, 7) is 3.85. The van der Waals surface area contributed by atoms with Crippen molar-refractivity contribution < 1.29 is 26.7 Å². The summed E-state index contributed by atoms with van der Waals surface area (Å²) in [5, 5.41) is 13.5. The molecule has 186 valence electrons. The van der Waals surface area contributed by atoms with E-state index in [-0.39, 0.29) is 30.2 Å².